The molecule has 10 heteroatoms. The highest BCUT2D eigenvalue weighted by atomic mass is 16.5. The minimum Gasteiger partial charge on any atom is -0.496 e. The quantitative estimate of drug-likeness (QED) is 0.288. The van der Waals surface area contributed by atoms with Crippen molar-refractivity contribution in [3.63, 3.8) is 0 Å². The van der Waals surface area contributed by atoms with Crippen molar-refractivity contribution in [2.24, 2.45) is 0 Å². The largest absolute Gasteiger partial charge is 0.496 e. The molecule has 0 radical (unpaired) electrons. The van der Waals surface area contributed by atoms with Gasteiger partial charge in [0.2, 0.25) is 0 Å². The normalized spacial score (nSPS) is 13.0. The first-order chi connectivity index (χ1) is 20.5. The van der Waals surface area contributed by atoms with E-state index >= 15 is 0 Å². The molecule has 224 valence electrons. The molecule has 0 bridgehead atoms. The standard InChI is InChI=1S/C32H40N4O6/c1-5-42-21-9-16-33-31(37)24-22-23(34-32(38)30-28(40-3)12-8-13-29(30)41-4)14-15-25(24)35-17-19-36(20-18-35)26-10-6-7-11-27(26)39-2/h6-8,10-15,22H,5,9,16-21H2,1-4H3,(H,33,37)(H,34,38). The van der Waals surface area contributed by atoms with Gasteiger partial charge >= 0.3 is 0 Å². The van der Waals surface area contributed by atoms with Crippen LogP contribution in [0.5, 0.6) is 17.2 Å². The van der Waals surface area contributed by atoms with E-state index in [0.29, 0.717) is 62.0 Å². The number of amides is 2. The molecule has 3 aromatic carbocycles. The number of para-hydroxylation sites is 2. The third-order valence-corrected chi connectivity index (χ3v) is 7.16. The number of methoxy groups -OCH3 is 3. The summed E-state index contributed by atoms with van der Waals surface area (Å²) in [6.45, 7) is 6.60. The number of nitrogens with one attached hydrogen (secondary N) is 2. The van der Waals surface area contributed by atoms with Gasteiger partial charge in [-0.3, -0.25) is 9.59 Å². The highest BCUT2D eigenvalue weighted by Gasteiger charge is 2.25. The Labute approximate surface area is 247 Å². The molecule has 4 rings (SSSR count). The van der Waals surface area contributed by atoms with Crippen LogP contribution in [0.4, 0.5) is 17.1 Å². The summed E-state index contributed by atoms with van der Waals surface area (Å²) >= 11 is 0. The van der Waals surface area contributed by atoms with Gasteiger partial charge in [-0.15, -0.1) is 0 Å². The lowest BCUT2D eigenvalue weighted by atomic mass is 10.1. The minimum absolute atomic E-state index is 0.209. The summed E-state index contributed by atoms with van der Waals surface area (Å²) in [7, 11) is 4.68. The minimum atomic E-state index is -0.398. The van der Waals surface area contributed by atoms with Crippen molar-refractivity contribution < 1.29 is 28.5 Å². The molecule has 42 heavy (non-hydrogen) atoms. The SMILES string of the molecule is CCOCCCNC(=O)c1cc(NC(=O)c2c(OC)cccc2OC)ccc1N1CCN(c2ccccc2OC)CC1. The van der Waals surface area contributed by atoms with Crippen molar-refractivity contribution >= 4 is 28.9 Å². The van der Waals surface area contributed by atoms with E-state index in [0.717, 1.165) is 30.2 Å². The Balaban J connectivity index is 1.56. The fraction of sp³-hybridized carbons (Fsp3) is 0.375. The maximum Gasteiger partial charge on any atom is 0.263 e. The van der Waals surface area contributed by atoms with Gasteiger partial charge in [0, 0.05) is 57.3 Å². The van der Waals surface area contributed by atoms with E-state index in [1.807, 2.05) is 37.3 Å². The Morgan fingerprint density at radius 1 is 0.762 bits per heavy atom. The molecule has 0 atom stereocenters. The van der Waals surface area contributed by atoms with Crippen LogP contribution in [-0.4, -0.2) is 79.1 Å². The zero-order valence-electron chi connectivity index (χ0n) is 24.8. The van der Waals surface area contributed by atoms with Crippen LogP contribution in [0.3, 0.4) is 0 Å². The lowest BCUT2D eigenvalue weighted by Gasteiger charge is -2.38. The summed E-state index contributed by atoms with van der Waals surface area (Å²) < 4.78 is 21.8. The maximum atomic E-state index is 13.5. The second-order valence-corrected chi connectivity index (χ2v) is 9.68. The molecule has 0 saturated carbocycles. The van der Waals surface area contributed by atoms with Crippen molar-refractivity contribution in [2.45, 2.75) is 13.3 Å². The molecule has 1 fully saturated rings. The summed E-state index contributed by atoms with van der Waals surface area (Å²) in [6, 6.07) is 18.6. The molecule has 0 aliphatic carbocycles. The van der Waals surface area contributed by atoms with Gasteiger partial charge in [-0.25, -0.2) is 0 Å². The second-order valence-electron chi connectivity index (χ2n) is 9.68. The Hall–Kier alpha value is -4.44. The van der Waals surface area contributed by atoms with E-state index in [1.165, 1.54) is 14.2 Å². The van der Waals surface area contributed by atoms with Crippen molar-refractivity contribution in [3.8, 4) is 17.2 Å². The number of piperazine rings is 1. The number of hydrogen-bond acceptors (Lipinski definition) is 8. The fourth-order valence-corrected chi connectivity index (χ4v) is 5.04. The van der Waals surface area contributed by atoms with E-state index in [2.05, 4.69) is 26.5 Å². The van der Waals surface area contributed by atoms with Crippen LogP contribution in [0, 0.1) is 0 Å². The molecule has 0 unspecified atom stereocenters. The number of anilines is 3. The van der Waals surface area contributed by atoms with Gasteiger partial charge in [-0.05, 0) is 55.8 Å². The average Bonchev–Trinajstić information content (AvgIpc) is 3.04. The van der Waals surface area contributed by atoms with E-state index in [4.69, 9.17) is 18.9 Å². The van der Waals surface area contributed by atoms with Crippen molar-refractivity contribution in [2.75, 3.05) is 82.4 Å². The smallest absolute Gasteiger partial charge is 0.263 e. The lowest BCUT2D eigenvalue weighted by molar-refractivity contribution is 0.0943. The Morgan fingerprint density at radius 2 is 1.38 bits per heavy atom. The van der Waals surface area contributed by atoms with Gasteiger partial charge in [-0.2, -0.15) is 0 Å². The van der Waals surface area contributed by atoms with Gasteiger partial charge in [-0.1, -0.05) is 18.2 Å². The van der Waals surface area contributed by atoms with Crippen molar-refractivity contribution in [1.29, 1.82) is 0 Å². The Kier molecular flexibility index (Phi) is 10.9. The van der Waals surface area contributed by atoms with Gasteiger partial charge in [0.05, 0.1) is 32.6 Å². The molecule has 10 nitrogen and oxygen atoms in total. The maximum absolute atomic E-state index is 13.5. The Morgan fingerprint density at radius 3 is 2.02 bits per heavy atom. The molecule has 0 aromatic heterocycles. The van der Waals surface area contributed by atoms with Crippen LogP contribution >= 0.6 is 0 Å². The third-order valence-electron chi connectivity index (χ3n) is 7.16. The van der Waals surface area contributed by atoms with E-state index in [1.54, 1.807) is 31.4 Å². The number of hydrogen-bond donors (Lipinski definition) is 2. The highest BCUT2D eigenvalue weighted by Crippen LogP contribution is 2.32. The van der Waals surface area contributed by atoms with Gasteiger partial charge in [0.25, 0.3) is 11.8 Å². The molecular weight excluding hydrogens is 536 g/mol. The molecule has 2 amide bonds. The molecule has 2 N–H and O–H groups in total. The molecule has 0 spiro atoms. The Bertz CT molecular complexity index is 1330. The number of nitrogens with zero attached hydrogens (tertiary/aromatic N) is 2. The number of carbonyl (C=O) groups is 2. The first-order valence-corrected chi connectivity index (χ1v) is 14.2. The van der Waals surface area contributed by atoms with Crippen LogP contribution in [0.2, 0.25) is 0 Å². The number of ether oxygens (including phenoxy) is 4. The molecule has 1 aliphatic rings. The van der Waals surface area contributed by atoms with E-state index in [9.17, 15) is 9.59 Å². The fourth-order valence-electron chi connectivity index (χ4n) is 5.04. The van der Waals surface area contributed by atoms with Crippen LogP contribution in [-0.2, 0) is 4.74 Å². The lowest BCUT2D eigenvalue weighted by Crippen LogP contribution is -2.47. The molecule has 1 heterocycles. The van der Waals surface area contributed by atoms with E-state index < -0.39 is 5.91 Å². The first kappa shape index (κ1) is 30.5. The van der Waals surface area contributed by atoms with Crippen molar-refractivity contribution in [3.05, 3.63) is 71.8 Å². The first-order valence-electron chi connectivity index (χ1n) is 14.2. The molecular formula is C32H40N4O6. The monoisotopic (exact) mass is 576 g/mol. The summed E-state index contributed by atoms with van der Waals surface area (Å²) in [5.74, 6) is 1.02. The highest BCUT2D eigenvalue weighted by molar-refractivity contribution is 6.09. The predicted octanol–water partition coefficient (Wildman–Crippen LogP) is 4.45. The van der Waals surface area contributed by atoms with Crippen molar-refractivity contribution in [1.82, 2.24) is 5.32 Å². The zero-order chi connectivity index (χ0) is 29.9. The van der Waals surface area contributed by atoms with Crippen LogP contribution in [0.25, 0.3) is 0 Å². The number of rotatable bonds is 13. The van der Waals surface area contributed by atoms with E-state index in [-0.39, 0.29) is 11.5 Å². The molecule has 1 saturated heterocycles. The van der Waals surface area contributed by atoms with Crippen LogP contribution in [0.1, 0.15) is 34.1 Å². The van der Waals surface area contributed by atoms with Crippen LogP contribution in [0.15, 0.2) is 60.7 Å². The third kappa shape index (κ3) is 7.25. The number of carbonyl (C=O) groups excluding carboxylic acids is 2. The van der Waals surface area contributed by atoms with Gasteiger partial charge in [0.1, 0.15) is 22.8 Å². The second kappa shape index (κ2) is 15.0. The average molecular weight is 577 g/mol. The summed E-state index contributed by atoms with van der Waals surface area (Å²) in [5, 5.41) is 5.93. The molecule has 1 aliphatic heterocycles. The number of benzene rings is 3. The zero-order valence-corrected chi connectivity index (χ0v) is 24.8. The van der Waals surface area contributed by atoms with Gasteiger partial charge in [0.15, 0.2) is 0 Å². The molecule has 3 aromatic rings. The van der Waals surface area contributed by atoms with Crippen LogP contribution < -0.4 is 34.6 Å². The summed E-state index contributed by atoms with van der Waals surface area (Å²) in [6.07, 6.45) is 0.705. The van der Waals surface area contributed by atoms with Gasteiger partial charge < -0.3 is 39.4 Å². The predicted molar refractivity (Wildman–Crippen MR) is 165 cm³/mol. The topological polar surface area (TPSA) is 102 Å². The summed E-state index contributed by atoms with van der Waals surface area (Å²) in [5.41, 5.74) is 3.12. The summed E-state index contributed by atoms with van der Waals surface area (Å²) in [4.78, 5) is 31.3.